The Balaban J connectivity index is 1.16. The molecule has 194 valence electrons. The third-order valence-corrected chi connectivity index (χ3v) is 10.1. The molecule has 6 rings (SSSR count). The van der Waals surface area contributed by atoms with Gasteiger partial charge in [-0.15, -0.1) is 0 Å². The highest BCUT2D eigenvalue weighted by molar-refractivity contribution is 5.63. The normalized spacial score (nSPS) is 27.1. The number of ether oxygens (including phenoxy) is 2. The first-order valence-electron chi connectivity index (χ1n) is 14.8. The van der Waals surface area contributed by atoms with Gasteiger partial charge < -0.3 is 19.3 Å². The van der Waals surface area contributed by atoms with Crippen molar-refractivity contribution in [2.45, 2.75) is 70.1 Å². The Labute approximate surface area is 213 Å². The van der Waals surface area contributed by atoms with Crippen LogP contribution in [0.4, 0.5) is 11.4 Å². The lowest BCUT2D eigenvalue weighted by molar-refractivity contribution is 0.0517. The molecular weight excluding hydrogens is 434 g/mol. The Morgan fingerprint density at radius 3 is 2.11 bits per heavy atom. The molecule has 3 heterocycles. The Hall–Kier alpha value is -1.30. The third kappa shape index (κ3) is 5.52. The summed E-state index contributed by atoms with van der Waals surface area (Å²) in [6, 6.07) is 7.47. The van der Waals surface area contributed by atoms with E-state index >= 15 is 0 Å². The molecule has 35 heavy (non-hydrogen) atoms. The maximum absolute atomic E-state index is 5.64. The van der Waals surface area contributed by atoms with E-state index in [9.17, 15) is 0 Å². The van der Waals surface area contributed by atoms with Crippen molar-refractivity contribution in [3.8, 4) is 0 Å². The molecule has 5 fully saturated rings. The summed E-state index contributed by atoms with van der Waals surface area (Å²) in [4.78, 5) is 7.99. The van der Waals surface area contributed by atoms with Crippen molar-refractivity contribution in [2.24, 2.45) is 11.3 Å². The molecule has 3 aliphatic heterocycles. The maximum atomic E-state index is 5.64. The second-order valence-corrected chi connectivity index (χ2v) is 12.2. The lowest BCUT2D eigenvalue weighted by Gasteiger charge is -2.42. The zero-order valence-corrected chi connectivity index (χ0v) is 21.9. The molecule has 1 aromatic rings. The number of piperazine rings is 1. The van der Waals surface area contributed by atoms with E-state index in [1.807, 2.05) is 0 Å². The van der Waals surface area contributed by atoms with Crippen molar-refractivity contribution in [2.75, 3.05) is 82.0 Å². The van der Waals surface area contributed by atoms with Gasteiger partial charge in [-0.3, -0.25) is 4.90 Å². The molecule has 3 saturated heterocycles. The zero-order chi connectivity index (χ0) is 23.5. The maximum Gasteiger partial charge on any atom is 0.0642 e. The van der Waals surface area contributed by atoms with Crippen molar-refractivity contribution in [3.63, 3.8) is 0 Å². The molecule has 2 saturated carbocycles. The minimum Gasteiger partial charge on any atom is -0.381 e. The summed E-state index contributed by atoms with van der Waals surface area (Å²) < 4.78 is 11.2. The standard InChI is InChI=1S/C30H47N3O2/c1-2-10-30(9-1)11-5-26(6-12-30)28-23-27(32-17-21-35-22-18-32)3-4-29(28)33-15-13-31(14-16-33)24-25-7-19-34-20-8-25/h3-4,23,25-26H,1-2,5-22,24H2. The van der Waals surface area contributed by atoms with Crippen LogP contribution in [-0.2, 0) is 9.47 Å². The van der Waals surface area contributed by atoms with Crippen LogP contribution in [0.25, 0.3) is 0 Å². The van der Waals surface area contributed by atoms with Crippen LogP contribution in [0.3, 0.4) is 0 Å². The van der Waals surface area contributed by atoms with Crippen LogP contribution in [0.2, 0.25) is 0 Å². The highest BCUT2D eigenvalue weighted by Crippen LogP contribution is 2.53. The highest BCUT2D eigenvalue weighted by atomic mass is 16.5. The van der Waals surface area contributed by atoms with Crippen LogP contribution in [0.15, 0.2) is 18.2 Å². The number of rotatable bonds is 5. The van der Waals surface area contributed by atoms with E-state index in [0.29, 0.717) is 5.41 Å². The summed E-state index contributed by atoms with van der Waals surface area (Å²) in [6.45, 7) is 11.7. The highest BCUT2D eigenvalue weighted by Gasteiger charge is 2.38. The zero-order valence-electron chi connectivity index (χ0n) is 21.9. The van der Waals surface area contributed by atoms with Crippen molar-refractivity contribution < 1.29 is 9.47 Å². The molecule has 0 atom stereocenters. The predicted molar refractivity (Wildman–Crippen MR) is 144 cm³/mol. The van der Waals surface area contributed by atoms with Gasteiger partial charge in [0.2, 0.25) is 0 Å². The number of hydrogen-bond donors (Lipinski definition) is 0. The van der Waals surface area contributed by atoms with Crippen LogP contribution >= 0.6 is 0 Å². The Bertz CT molecular complexity index is 809. The molecule has 2 aliphatic carbocycles. The summed E-state index contributed by atoms with van der Waals surface area (Å²) in [7, 11) is 0. The second-order valence-electron chi connectivity index (χ2n) is 12.2. The van der Waals surface area contributed by atoms with Gasteiger partial charge in [-0.1, -0.05) is 12.8 Å². The van der Waals surface area contributed by atoms with Gasteiger partial charge in [-0.05, 0) is 92.4 Å². The SMILES string of the molecule is c1cc(N2CCN(CC3CCOCC3)CC2)c(C2CCC3(CCCC3)CC2)cc1N1CCOCC1. The Morgan fingerprint density at radius 1 is 0.714 bits per heavy atom. The molecule has 0 amide bonds. The summed E-state index contributed by atoms with van der Waals surface area (Å²) in [6.07, 6.45) is 14.1. The quantitative estimate of drug-likeness (QED) is 0.570. The molecule has 0 bridgehead atoms. The van der Waals surface area contributed by atoms with Crippen molar-refractivity contribution in [1.82, 2.24) is 4.90 Å². The van der Waals surface area contributed by atoms with Gasteiger partial charge in [0.25, 0.3) is 0 Å². The van der Waals surface area contributed by atoms with Gasteiger partial charge in [0, 0.05) is 70.4 Å². The predicted octanol–water partition coefficient (Wildman–Crippen LogP) is 5.29. The van der Waals surface area contributed by atoms with Crippen LogP contribution in [-0.4, -0.2) is 77.1 Å². The summed E-state index contributed by atoms with van der Waals surface area (Å²) >= 11 is 0. The lowest BCUT2D eigenvalue weighted by atomic mass is 9.68. The van der Waals surface area contributed by atoms with Gasteiger partial charge in [-0.25, -0.2) is 0 Å². The van der Waals surface area contributed by atoms with E-state index in [1.54, 1.807) is 11.3 Å². The first-order valence-corrected chi connectivity index (χ1v) is 14.8. The first kappa shape index (κ1) is 24.1. The molecule has 5 heteroatoms. The second kappa shape index (κ2) is 11.0. The summed E-state index contributed by atoms with van der Waals surface area (Å²) in [5.41, 5.74) is 5.32. The van der Waals surface area contributed by atoms with Gasteiger partial charge in [0.05, 0.1) is 13.2 Å². The molecule has 1 spiro atoms. The van der Waals surface area contributed by atoms with E-state index in [2.05, 4.69) is 32.9 Å². The van der Waals surface area contributed by atoms with Gasteiger partial charge in [0.15, 0.2) is 0 Å². The van der Waals surface area contributed by atoms with E-state index in [4.69, 9.17) is 9.47 Å². The monoisotopic (exact) mass is 481 g/mol. The number of benzene rings is 1. The smallest absolute Gasteiger partial charge is 0.0642 e. The molecule has 5 nitrogen and oxygen atoms in total. The van der Waals surface area contributed by atoms with Gasteiger partial charge >= 0.3 is 0 Å². The average Bonchev–Trinajstić information content (AvgIpc) is 3.38. The lowest BCUT2D eigenvalue weighted by Crippen LogP contribution is -2.48. The molecule has 0 N–H and O–H groups in total. The van der Waals surface area contributed by atoms with Crippen molar-refractivity contribution in [3.05, 3.63) is 23.8 Å². The topological polar surface area (TPSA) is 28.2 Å². The molecule has 1 aromatic carbocycles. The third-order valence-electron chi connectivity index (χ3n) is 10.1. The largest absolute Gasteiger partial charge is 0.381 e. The molecule has 0 aromatic heterocycles. The molecule has 0 unspecified atom stereocenters. The Morgan fingerprint density at radius 2 is 1.40 bits per heavy atom. The minimum atomic E-state index is 0.703. The van der Waals surface area contributed by atoms with Crippen LogP contribution in [0.5, 0.6) is 0 Å². The molecular formula is C30H47N3O2. The van der Waals surface area contributed by atoms with Crippen LogP contribution in [0.1, 0.15) is 75.7 Å². The van der Waals surface area contributed by atoms with Crippen LogP contribution < -0.4 is 9.80 Å². The van der Waals surface area contributed by atoms with Crippen molar-refractivity contribution in [1.29, 1.82) is 0 Å². The molecule has 0 radical (unpaired) electrons. The first-order chi connectivity index (χ1) is 17.3. The summed E-state index contributed by atoms with van der Waals surface area (Å²) in [5.74, 6) is 1.57. The van der Waals surface area contributed by atoms with Crippen LogP contribution in [0, 0.1) is 11.3 Å². The number of anilines is 2. The number of morpholine rings is 1. The molecule has 5 aliphatic rings. The number of nitrogens with zero attached hydrogens (tertiary/aromatic N) is 3. The fourth-order valence-electron chi connectivity index (χ4n) is 7.81. The minimum absolute atomic E-state index is 0.703. The average molecular weight is 482 g/mol. The van der Waals surface area contributed by atoms with E-state index in [1.165, 1.54) is 103 Å². The Kier molecular flexibility index (Phi) is 7.55. The van der Waals surface area contributed by atoms with Gasteiger partial charge in [0.1, 0.15) is 0 Å². The summed E-state index contributed by atoms with van der Waals surface area (Å²) in [5, 5.41) is 0. The van der Waals surface area contributed by atoms with E-state index < -0.39 is 0 Å². The van der Waals surface area contributed by atoms with Crippen molar-refractivity contribution >= 4 is 11.4 Å². The van der Waals surface area contributed by atoms with E-state index in [0.717, 1.165) is 51.4 Å². The van der Waals surface area contributed by atoms with E-state index in [-0.39, 0.29) is 0 Å². The fourth-order valence-corrected chi connectivity index (χ4v) is 7.81. The van der Waals surface area contributed by atoms with Gasteiger partial charge in [-0.2, -0.15) is 0 Å². The number of hydrogen-bond acceptors (Lipinski definition) is 5. The fraction of sp³-hybridized carbons (Fsp3) is 0.800.